The lowest BCUT2D eigenvalue weighted by atomic mass is 10.1. The lowest BCUT2D eigenvalue weighted by Crippen LogP contribution is -2.32. The van der Waals surface area contributed by atoms with Gasteiger partial charge in [-0.05, 0) is 36.8 Å². The molecule has 0 unspecified atom stereocenters. The first-order valence-corrected chi connectivity index (χ1v) is 10.6. The summed E-state index contributed by atoms with van der Waals surface area (Å²) in [6, 6.07) is 17.1. The van der Waals surface area contributed by atoms with Gasteiger partial charge in [0.1, 0.15) is 12.1 Å². The van der Waals surface area contributed by atoms with Gasteiger partial charge in [-0.2, -0.15) is 0 Å². The molecular formula is C24H36N2O6. The van der Waals surface area contributed by atoms with Gasteiger partial charge in [-0.25, -0.2) is 0 Å². The third-order valence-electron chi connectivity index (χ3n) is 4.30. The van der Waals surface area contributed by atoms with Gasteiger partial charge in [0.05, 0.1) is 0 Å². The molecule has 32 heavy (non-hydrogen) atoms. The smallest absolute Gasteiger partial charge is 0.320 e. The summed E-state index contributed by atoms with van der Waals surface area (Å²) in [5.74, 6) is -1.92. The van der Waals surface area contributed by atoms with Crippen LogP contribution >= 0.6 is 0 Å². The molecule has 0 aliphatic heterocycles. The zero-order valence-electron chi connectivity index (χ0n) is 18.3. The first-order valence-electron chi connectivity index (χ1n) is 10.6. The summed E-state index contributed by atoms with van der Waals surface area (Å²) in [6.07, 6.45) is 4.60. The third kappa shape index (κ3) is 16.0. The maximum absolute atomic E-state index is 10.4. The Morgan fingerprint density at radius 3 is 1.19 bits per heavy atom. The summed E-state index contributed by atoms with van der Waals surface area (Å²) in [5, 5.41) is 33.6. The molecule has 0 fully saturated rings. The lowest BCUT2D eigenvalue weighted by Gasteiger charge is -2.04. The minimum absolute atomic E-state index is 0.283. The number of hydrogen-bond donors (Lipinski definition) is 6. The highest BCUT2D eigenvalue weighted by atomic mass is 16.4. The Kier molecular flexibility index (Phi) is 17.3. The van der Waals surface area contributed by atoms with Gasteiger partial charge in [0, 0.05) is 13.2 Å². The summed E-state index contributed by atoms with van der Waals surface area (Å²) < 4.78 is 0. The van der Waals surface area contributed by atoms with Crippen molar-refractivity contribution in [3.8, 4) is 0 Å². The molecule has 0 spiro atoms. The molecule has 0 heterocycles. The average molecular weight is 449 g/mol. The highest BCUT2D eigenvalue weighted by Crippen LogP contribution is 2.02. The predicted octanol–water partition coefficient (Wildman–Crippen LogP) is 1.81. The Morgan fingerprint density at radius 2 is 0.938 bits per heavy atom. The predicted molar refractivity (Wildman–Crippen MR) is 124 cm³/mol. The summed E-state index contributed by atoms with van der Waals surface area (Å²) in [4.78, 5) is 20.8. The fraction of sp³-hybridized carbons (Fsp3) is 0.417. The number of hydrogen-bond acceptors (Lipinski definition) is 6. The second-order valence-electron chi connectivity index (χ2n) is 7.13. The number of unbranched alkanes of at least 4 members (excludes halogenated alkanes) is 3. The second kappa shape index (κ2) is 18.9. The number of carbonyl (C=O) groups is 2. The van der Waals surface area contributed by atoms with E-state index in [0.717, 1.165) is 36.8 Å². The topological polar surface area (TPSA) is 167 Å². The number of nitrogens with two attached hydrogens (primary N) is 2. The molecule has 0 saturated heterocycles. The quantitative estimate of drug-likeness (QED) is 0.283. The molecule has 2 atom stereocenters. The number of carboxylic acids is 2. The molecule has 0 aliphatic carbocycles. The largest absolute Gasteiger partial charge is 0.480 e. The number of benzene rings is 2. The van der Waals surface area contributed by atoms with E-state index >= 15 is 0 Å². The van der Waals surface area contributed by atoms with Crippen LogP contribution in [-0.4, -0.2) is 57.7 Å². The van der Waals surface area contributed by atoms with Crippen LogP contribution in [0.25, 0.3) is 0 Å². The van der Waals surface area contributed by atoms with Crippen molar-refractivity contribution < 1.29 is 30.0 Å². The SMILES string of the molecule is N[C@@H](Cc1ccccc1)C(=O)O.N[C@@H](Cc1ccccc1)C(=O)O.OCCCCCCO. The summed E-state index contributed by atoms with van der Waals surface area (Å²) in [6.45, 7) is 0.566. The van der Waals surface area contributed by atoms with Crippen molar-refractivity contribution in [3.05, 3.63) is 71.8 Å². The monoisotopic (exact) mass is 448 g/mol. The molecule has 0 aromatic heterocycles. The summed E-state index contributed by atoms with van der Waals surface area (Å²) in [5.41, 5.74) is 12.6. The van der Waals surface area contributed by atoms with Gasteiger partial charge in [-0.1, -0.05) is 73.5 Å². The van der Waals surface area contributed by atoms with Gasteiger partial charge >= 0.3 is 11.9 Å². The molecule has 0 saturated carbocycles. The molecule has 2 aromatic carbocycles. The molecule has 0 amide bonds. The summed E-state index contributed by atoms with van der Waals surface area (Å²) >= 11 is 0. The number of rotatable bonds is 11. The molecule has 8 nitrogen and oxygen atoms in total. The molecule has 2 aromatic rings. The summed E-state index contributed by atoms with van der Waals surface area (Å²) in [7, 11) is 0. The molecule has 0 bridgehead atoms. The minimum Gasteiger partial charge on any atom is -0.480 e. The van der Waals surface area contributed by atoms with Crippen LogP contribution in [0.3, 0.4) is 0 Å². The van der Waals surface area contributed by atoms with Crippen molar-refractivity contribution >= 4 is 11.9 Å². The zero-order valence-corrected chi connectivity index (χ0v) is 18.3. The average Bonchev–Trinajstić information content (AvgIpc) is 2.79. The van der Waals surface area contributed by atoms with Crippen LogP contribution in [0.5, 0.6) is 0 Å². The van der Waals surface area contributed by atoms with Gasteiger partial charge in [0.15, 0.2) is 0 Å². The van der Waals surface area contributed by atoms with E-state index in [9.17, 15) is 9.59 Å². The van der Waals surface area contributed by atoms with Crippen LogP contribution < -0.4 is 11.5 Å². The molecule has 0 aliphatic rings. The highest BCUT2D eigenvalue weighted by Gasteiger charge is 2.11. The Hall–Kier alpha value is -2.78. The van der Waals surface area contributed by atoms with Crippen molar-refractivity contribution in [1.82, 2.24) is 0 Å². The van der Waals surface area contributed by atoms with Gasteiger partial charge in [-0.3, -0.25) is 9.59 Å². The van der Waals surface area contributed by atoms with Crippen LogP contribution in [0.2, 0.25) is 0 Å². The van der Waals surface area contributed by atoms with Gasteiger partial charge in [0.2, 0.25) is 0 Å². The van der Waals surface area contributed by atoms with Crippen molar-refractivity contribution in [3.63, 3.8) is 0 Å². The van der Waals surface area contributed by atoms with E-state index in [1.165, 1.54) is 0 Å². The second-order valence-corrected chi connectivity index (χ2v) is 7.13. The van der Waals surface area contributed by atoms with Gasteiger partial charge < -0.3 is 31.9 Å². The van der Waals surface area contributed by atoms with Crippen LogP contribution in [-0.2, 0) is 22.4 Å². The zero-order chi connectivity index (χ0) is 24.2. The van der Waals surface area contributed by atoms with Crippen LogP contribution in [0.1, 0.15) is 36.8 Å². The molecular weight excluding hydrogens is 412 g/mol. The first-order chi connectivity index (χ1) is 15.3. The molecule has 2 rings (SSSR count). The van der Waals surface area contributed by atoms with Crippen molar-refractivity contribution in [2.24, 2.45) is 11.5 Å². The Bertz CT molecular complexity index is 664. The molecule has 8 heteroatoms. The first kappa shape index (κ1) is 29.2. The molecule has 8 N–H and O–H groups in total. The van der Waals surface area contributed by atoms with Crippen LogP contribution in [0.15, 0.2) is 60.7 Å². The number of carboxylic acid groups (broad SMARTS) is 2. The van der Waals surface area contributed by atoms with Crippen molar-refractivity contribution in [2.75, 3.05) is 13.2 Å². The van der Waals surface area contributed by atoms with Crippen LogP contribution in [0.4, 0.5) is 0 Å². The number of aliphatic hydroxyl groups excluding tert-OH is 2. The van der Waals surface area contributed by atoms with E-state index in [1.54, 1.807) is 0 Å². The molecule has 178 valence electrons. The Labute approximate surface area is 189 Å². The van der Waals surface area contributed by atoms with E-state index in [-0.39, 0.29) is 13.2 Å². The fourth-order valence-corrected chi connectivity index (χ4v) is 2.49. The number of aliphatic carboxylic acids is 2. The fourth-order valence-electron chi connectivity index (χ4n) is 2.49. The van der Waals surface area contributed by atoms with Crippen molar-refractivity contribution in [1.29, 1.82) is 0 Å². The highest BCUT2D eigenvalue weighted by molar-refractivity contribution is 5.73. The maximum atomic E-state index is 10.4. The lowest BCUT2D eigenvalue weighted by molar-refractivity contribution is -0.139. The third-order valence-corrected chi connectivity index (χ3v) is 4.30. The minimum atomic E-state index is -0.959. The van der Waals surface area contributed by atoms with Gasteiger partial charge in [-0.15, -0.1) is 0 Å². The van der Waals surface area contributed by atoms with E-state index in [0.29, 0.717) is 12.8 Å². The standard InChI is InChI=1S/2C9H11NO2.C6H14O2/c2*10-8(9(11)12)6-7-4-2-1-3-5-7;7-5-3-1-2-4-6-8/h2*1-5,8H,6,10H2,(H,11,12);7-8H,1-6H2/t2*8-;/m00./s1. The maximum Gasteiger partial charge on any atom is 0.320 e. The van der Waals surface area contributed by atoms with E-state index in [4.69, 9.17) is 31.9 Å². The van der Waals surface area contributed by atoms with Crippen molar-refractivity contribution in [2.45, 2.75) is 50.6 Å². The van der Waals surface area contributed by atoms with Crippen LogP contribution in [0, 0.1) is 0 Å². The Balaban J connectivity index is 0.000000462. The Morgan fingerprint density at radius 1 is 0.625 bits per heavy atom. The molecule has 0 radical (unpaired) electrons. The van der Waals surface area contributed by atoms with E-state index in [1.807, 2.05) is 60.7 Å². The van der Waals surface area contributed by atoms with Gasteiger partial charge in [0.25, 0.3) is 0 Å². The van der Waals surface area contributed by atoms with E-state index in [2.05, 4.69) is 0 Å². The number of aliphatic hydroxyl groups is 2. The van der Waals surface area contributed by atoms with E-state index < -0.39 is 24.0 Å². The normalized spacial score (nSPS) is 11.8.